The lowest BCUT2D eigenvalue weighted by Crippen LogP contribution is -2.56. The molecule has 8 aromatic rings. The highest BCUT2D eigenvalue weighted by Gasteiger charge is 2.47. The molecule has 10 heterocycles. The number of halogens is 8. The molecule has 0 aliphatic carbocycles. The number of aromatic nitrogens is 6. The number of ether oxygens (including phenoxy) is 6. The highest BCUT2D eigenvalue weighted by atomic mass is 35.5. The standard InChI is InChI=1S/C46H54ClF3N8O7.C46H54F4N8O7/c1-26-7-13-36(58(26)42(60)39(55-44(62)63-6)30-15-19-64-20-16-30)40-52-24-35(54-40)29-10-8-28(9-11-29)32-21-34(47)33(22-37(32)65-46(48,49)50)41(59)53-31-12-14-38(51-23-31)57-18-17-56(25-27(57)2)43(61)45(3,4)5;1-26-7-15-35(58(26)42(60)38(55-44(62)63-6)30-17-21-64-22-18-30)40-52-24-34(54-40)29-10-8-28(9-11-29)32-13-14-33(37(47)39(32)65-46(48,49)50)41(59)53-31-12-16-36(51-23-31)57-20-19-56(25-27(57)2)43(61)45(3,4)5/h8-12,14,21-24,26-27,30,36,39H,7,13,15-20,25H2,1-6H3,(H,52,54)(H,53,59)(H,55,62);8-14,16,23-24,26-27,30,35,38H,7,15,17-22,25H2,1-6H3,(H,52,54)(H,53,59)(H,55,62)/t26-,27+,36-,39-;26-,27+,35-,38-/m00/s1. The van der Waals surface area contributed by atoms with E-state index in [-0.39, 0.29) is 92.6 Å². The van der Waals surface area contributed by atoms with E-state index in [9.17, 15) is 64.7 Å². The molecular weight excluding hydrogens is 1720 g/mol. The number of alkyl halides is 6. The number of benzene rings is 4. The molecule has 696 valence electrons. The summed E-state index contributed by atoms with van der Waals surface area (Å²) >= 11 is 6.60. The van der Waals surface area contributed by atoms with Crippen LogP contribution in [0.2, 0.25) is 5.02 Å². The molecule has 6 saturated heterocycles. The summed E-state index contributed by atoms with van der Waals surface area (Å²) < 4.78 is 128. The van der Waals surface area contributed by atoms with Crippen LogP contribution in [0.25, 0.3) is 44.8 Å². The average molecular weight is 1830 g/mol. The van der Waals surface area contributed by atoms with Crippen molar-refractivity contribution in [1.82, 2.24) is 60.1 Å². The molecule has 0 saturated carbocycles. The van der Waals surface area contributed by atoms with Gasteiger partial charge in [0, 0.05) is 112 Å². The minimum absolute atomic E-state index is 0.00101. The van der Waals surface area contributed by atoms with E-state index in [0.29, 0.717) is 168 Å². The van der Waals surface area contributed by atoms with Crippen molar-refractivity contribution in [1.29, 1.82) is 0 Å². The number of H-pyrrole nitrogens is 2. The SMILES string of the molecule is COC(=O)N[C@H](C(=O)N1[C@@H](C)CC[C@H]1c1ncc(-c2ccc(-c3cc(Cl)c(C(=O)Nc4ccc(N5CCN(C(=O)C(C)(C)C)C[C@H]5C)nc4)cc3OC(F)(F)F)cc2)[nH]1)C1CCOCC1.COC(=O)N[C@H](C(=O)N1[C@@H](C)CC[C@H]1c1ncc(-c2ccc(-c3ccc(C(=O)Nc4ccc(N5CCN(C(=O)C(C)(C)C)C[C@H]5C)nc4)c(F)c3OC(F)(F)F)cc2)[nH]1)C1CCOCC1. The molecule has 6 aliphatic rings. The monoisotopic (exact) mass is 1830 g/mol. The number of rotatable bonds is 20. The van der Waals surface area contributed by atoms with Crippen LogP contribution in [0, 0.1) is 28.5 Å². The van der Waals surface area contributed by atoms with Crippen LogP contribution in [0.3, 0.4) is 0 Å². The van der Waals surface area contributed by atoms with Crippen molar-refractivity contribution in [3.05, 3.63) is 155 Å². The van der Waals surface area contributed by atoms with Gasteiger partial charge in [0.05, 0.1) is 90.0 Å². The predicted molar refractivity (Wildman–Crippen MR) is 470 cm³/mol. The van der Waals surface area contributed by atoms with Crippen molar-refractivity contribution in [2.75, 3.05) is 100 Å². The van der Waals surface area contributed by atoms with Gasteiger partial charge >= 0.3 is 24.9 Å². The van der Waals surface area contributed by atoms with Crippen LogP contribution in [0.1, 0.15) is 165 Å². The number of hydrogen-bond acceptors (Lipinski definition) is 20. The molecule has 4 aromatic heterocycles. The lowest BCUT2D eigenvalue weighted by atomic mass is 9.90. The van der Waals surface area contributed by atoms with Crippen molar-refractivity contribution in [3.8, 4) is 56.3 Å². The number of nitrogens with zero attached hydrogens (tertiary/aromatic N) is 10. The maximum absolute atomic E-state index is 16.1. The fourth-order valence-corrected chi connectivity index (χ4v) is 17.9. The van der Waals surface area contributed by atoms with E-state index in [1.165, 1.54) is 50.9 Å². The lowest BCUT2D eigenvalue weighted by Gasteiger charge is -2.42. The van der Waals surface area contributed by atoms with Crippen LogP contribution in [0.4, 0.5) is 63.3 Å². The summed E-state index contributed by atoms with van der Waals surface area (Å²) in [5.74, 6) is -3.38. The van der Waals surface area contributed by atoms with Gasteiger partial charge in [0.1, 0.15) is 41.1 Å². The summed E-state index contributed by atoms with van der Waals surface area (Å²) in [4.78, 5) is 142. The summed E-state index contributed by atoms with van der Waals surface area (Å²) in [6.45, 7) is 24.3. The Morgan fingerprint density at radius 1 is 0.477 bits per heavy atom. The van der Waals surface area contributed by atoms with E-state index in [0.717, 1.165) is 18.6 Å². The molecule has 6 fully saturated rings. The molecule has 0 spiro atoms. The summed E-state index contributed by atoms with van der Waals surface area (Å²) in [7, 11) is 2.50. The van der Waals surface area contributed by atoms with E-state index in [1.54, 1.807) is 82.9 Å². The molecule has 130 heavy (non-hydrogen) atoms. The zero-order chi connectivity index (χ0) is 93.6. The van der Waals surface area contributed by atoms with Crippen LogP contribution in [-0.2, 0) is 38.1 Å². The number of piperazine rings is 2. The Bertz CT molecular complexity index is 5130. The molecule has 38 heteroatoms. The van der Waals surface area contributed by atoms with Gasteiger partial charge in [-0.25, -0.2) is 33.9 Å². The Morgan fingerprint density at radius 3 is 1.27 bits per heavy atom. The first-order valence-corrected chi connectivity index (χ1v) is 43.7. The van der Waals surface area contributed by atoms with Gasteiger partial charge in [0.15, 0.2) is 11.6 Å². The van der Waals surface area contributed by atoms with Crippen LogP contribution >= 0.6 is 11.6 Å². The van der Waals surface area contributed by atoms with Gasteiger partial charge in [0.2, 0.25) is 23.6 Å². The second-order valence-electron chi connectivity index (χ2n) is 35.6. The van der Waals surface area contributed by atoms with Gasteiger partial charge in [0.25, 0.3) is 11.8 Å². The maximum Gasteiger partial charge on any atom is 0.573 e. The minimum atomic E-state index is -5.29. The Labute approximate surface area is 752 Å². The number of pyridine rings is 2. The topological polar surface area (TPSA) is 343 Å². The number of hydrogen-bond donors (Lipinski definition) is 6. The van der Waals surface area contributed by atoms with Gasteiger partial charge in [-0.15, -0.1) is 26.3 Å². The second kappa shape index (κ2) is 40.1. The fourth-order valence-electron chi connectivity index (χ4n) is 17.7. The predicted octanol–water partition coefficient (Wildman–Crippen LogP) is 15.9. The number of methoxy groups -OCH3 is 2. The molecule has 0 bridgehead atoms. The van der Waals surface area contributed by atoms with Crippen LogP contribution in [-0.4, -0.2) is 226 Å². The first-order chi connectivity index (χ1) is 61.6. The van der Waals surface area contributed by atoms with Gasteiger partial charge in [-0.05, 0) is 162 Å². The zero-order valence-corrected chi connectivity index (χ0v) is 75.0. The van der Waals surface area contributed by atoms with Crippen molar-refractivity contribution in [2.24, 2.45) is 22.7 Å². The number of amides is 8. The Kier molecular flexibility index (Phi) is 29.4. The number of imidazole rings is 2. The Hall–Kier alpha value is -12.1. The number of nitrogens with one attached hydrogen (secondary N) is 6. The summed E-state index contributed by atoms with van der Waals surface area (Å²) in [5, 5.41) is 10.6. The largest absolute Gasteiger partial charge is 0.573 e. The van der Waals surface area contributed by atoms with Crippen molar-refractivity contribution < 1.29 is 97.5 Å². The fraction of sp³-hybridized carbons (Fsp3) is 0.478. The van der Waals surface area contributed by atoms with E-state index in [2.05, 4.69) is 65.5 Å². The normalized spacial score (nSPS) is 20.0. The number of alkyl carbamates (subject to hydrolysis) is 2. The number of carbonyl (C=O) groups excluding carboxylic acids is 8. The Balaban J connectivity index is 0.000000222. The molecule has 0 radical (unpaired) electrons. The average Bonchev–Trinajstić information content (AvgIpc) is 1.63. The van der Waals surface area contributed by atoms with Gasteiger partial charge in [-0.2, -0.15) is 0 Å². The summed E-state index contributed by atoms with van der Waals surface area (Å²) in [5.41, 5.74) is 1.25. The van der Waals surface area contributed by atoms with E-state index < -0.39 is 94.6 Å². The molecule has 0 unspecified atom stereocenters. The highest BCUT2D eigenvalue weighted by molar-refractivity contribution is 6.35. The number of aromatic amines is 2. The van der Waals surface area contributed by atoms with E-state index >= 15 is 4.39 Å². The number of likely N-dealkylation sites (tertiary alicyclic amines) is 2. The third-order valence-corrected chi connectivity index (χ3v) is 24.7. The molecule has 6 aliphatic heterocycles. The van der Waals surface area contributed by atoms with Crippen molar-refractivity contribution >= 4 is 82.2 Å². The summed E-state index contributed by atoms with van der Waals surface area (Å²) in [6, 6.07) is 21.1. The van der Waals surface area contributed by atoms with Crippen molar-refractivity contribution in [3.63, 3.8) is 0 Å². The molecule has 14 rings (SSSR count). The Morgan fingerprint density at radius 2 is 0.885 bits per heavy atom. The third kappa shape index (κ3) is 22.5. The second-order valence-corrected chi connectivity index (χ2v) is 36.0. The van der Waals surface area contributed by atoms with Gasteiger partial charge in [-0.3, -0.25) is 28.8 Å². The van der Waals surface area contributed by atoms with Crippen LogP contribution < -0.4 is 40.5 Å². The smallest absolute Gasteiger partial charge is 0.453 e. The minimum Gasteiger partial charge on any atom is -0.453 e. The summed E-state index contributed by atoms with van der Waals surface area (Å²) in [6.07, 6.45) is -0.638. The lowest BCUT2D eigenvalue weighted by molar-refractivity contribution is -0.276. The first kappa shape index (κ1) is 95.5. The molecule has 30 nitrogen and oxygen atoms in total. The molecule has 4 aromatic carbocycles. The molecule has 8 atom stereocenters. The quantitative estimate of drug-likeness (QED) is 0.0386. The highest BCUT2D eigenvalue weighted by Crippen LogP contribution is 2.45. The zero-order valence-electron chi connectivity index (χ0n) is 74.3. The van der Waals surface area contributed by atoms with Crippen LogP contribution in [0.15, 0.2) is 122 Å². The third-order valence-electron chi connectivity index (χ3n) is 24.4. The van der Waals surface area contributed by atoms with Crippen LogP contribution in [0.5, 0.6) is 11.5 Å². The maximum atomic E-state index is 16.1. The van der Waals surface area contributed by atoms with Gasteiger partial charge < -0.3 is 89.1 Å². The van der Waals surface area contributed by atoms with Crippen molar-refractivity contribution in [2.45, 2.75) is 182 Å². The number of anilines is 4. The van der Waals surface area contributed by atoms with E-state index in [4.69, 9.17) is 30.5 Å². The molecule has 6 N–H and O–H groups in total. The molecule has 8 amide bonds. The van der Waals surface area contributed by atoms with Gasteiger partial charge in [-0.1, -0.05) is 102 Å². The molecular formula is C92H108ClF7N16O14. The number of carbonyl (C=O) groups is 8. The van der Waals surface area contributed by atoms with E-state index in [1.807, 2.05) is 83.9 Å². The first-order valence-electron chi connectivity index (χ1n) is 43.3.